The van der Waals surface area contributed by atoms with Crippen LogP contribution in [0.5, 0.6) is 0 Å². The summed E-state index contributed by atoms with van der Waals surface area (Å²) in [5, 5.41) is 39.9. The summed E-state index contributed by atoms with van der Waals surface area (Å²) in [4.78, 5) is 83.1. The molecule has 3 fully saturated rings. The van der Waals surface area contributed by atoms with Gasteiger partial charge in [-0.2, -0.15) is 0 Å². The highest BCUT2D eigenvalue weighted by molar-refractivity contribution is 5.96. The third-order valence-electron chi connectivity index (χ3n) is 13.2. The lowest BCUT2D eigenvalue weighted by Gasteiger charge is -2.67. The van der Waals surface area contributed by atoms with Crippen molar-refractivity contribution in [3.05, 3.63) is 107 Å². The molecule has 2 aromatic carbocycles. The molecule has 61 heavy (non-hydrogen) atoms. The lowest BCUT2D eigenvalue weighted by Crippen LogP contribution is -2.82. The van der Waals surface area contributed by atoms with E-state index in [1.807, 2.05) is 0 Å². The molecule has 1 unspecified atom stereocenters. The molecule has 3 aliphatic carbocycles. The average molecular weight is 844 g/mol. The third kappa shape index (κ3) is 7.14. The van der Waals surface area contributed by atoms with E-state index in [9.17, 15) is 39.3 Å². The number of nitrogens with one attached hydrogen (secondary N) is 1. The number of hydrogen-bond acceptors (Lipinski definition) is 15. The molecule has 3 aromatic rings. The highest BCUT2D eigenvalue weighted by atomic mass is 16.6. The fraction of sp³-hybridized carbons (Fsp3) is 0.467. The van der Waals surface area contributed by atoms with Gasteiger partial charge in [0.15, 0.2) is 23.6 Å². The molecule has 2 bridgehead atoms. The Labute approximate surface area is 351 Å². The van der Waals surface area contributed by atoms with Crippen LogP contribution in [0.3, 0.4) is 0 Å². The number of Topliss-reactive ketones (excluding diaryl/α,β-unsaturated/α-hetero) is 1. The maximum absolute atomic E-state index is 15.4. The number of furan rings is 1. The fourth-order valence-corrected chi connectivity index (χ4v) is 9.95. The van der Waals surface area contributed by atoms with Crippen molar-refractivity contribution in [3.8, 4) is 0 Å². The smallest absolute Gasteiger partial charge is 0.338 e. The van der Waals surface area contributed by atoms with Crippen molar-refractivity contribution in [1.82, 2.24) is 5.32 Å². The number of amides is 1. The van der Waals surface area contributed by atoms with E-state index >= 15 is 4.79 Å². The second-order valence-electron chi connectivity index (χ2n) is 17.0. The van der Waals surface area contributed by atoms with Crippen LogP contribution in [-0.4, -0.2) is 105 Å². The van der Waals surface area contributed by atoms with E-state index < -0.39 is 113 Å². The van der Waals surface area contributed by atoms with E-state index in [-0.39, 0.29) is 41.1 Å². The normalized spacial score (nSPS) is 32.2. The first kappa shape index (κ1) is 43.4. The zero-order valence-electron chi connectivity index (χ0n) is 34.5. The van der Waals surface area contributed by atoms with Gasteiger partial charge in [-0.1, -0.05) is 50.2 Å². The van der Waals surface area contributed by atoms with Crippen LogP contribution in [0.4, 0.5) is 0 Å². The van der Waals surface area contributed by atoms with Crippen LogP contribution >= 0.6 is 0 Å². The largest absolute Gasteiger partial charge is 0.467 e. The standard InChI is InChI=1S/C45H49NO15/c1-23-29(59-41(54)34(50)33(28-18-13-19-56-28)46-39(52)26-14-9-7-10-15-26)21-45(55)38(60-40(53)27-16-11-8-12-17-27)36-43(6,30(49)20-31-44(36,22-57-31)61-25(3)48)37(51)35(58-24(2)47)32(23)42(45,4)5/h7-19,29-31,33-36,38,49-50,55H,20-22H2,1-6H3,(H,46,52)/t29-,30-,31?,33+,34+,35+,36-,38-,43+,44-,45+/m0/s1. The number of carbonyl (C=O) groups excluding carboxylic acids is 6. The molecule has 0 spiro atoms. The van der Waals surface area contributed by atoms with Crippen LogP contribution in [0.2, 0.25) is 0 Å². The Kier molecular flexibility index (Phi) is 11.4. The molecule has 2 heterocycles. The van der Waals surface area contributed by atoms with Gasteiger partial charge in [-0.3, -0.25) is 19.2 Å². The van der Waals surface area contributed by atoms with E-state index in [1.54, 1.807) is 50.2 Å². The molecule has 4 N–H and O–H groups in total. The molecule has 2 saturated carbocycles. The molecular weight excluding hydrogens is 794 g/mol. The third-order valence-corrected chi connectivity index (χ3v) is 13.2. The number of ketones is 1. The van der Waals surface area contributed by atoms with Gasteiger partial charge in [-0.05, 0) is 61.4 Å². The second kappa shape index (κ2) is 16.0. The summed E-state index contributed by atoms with van der Waals surface area (Å²) >= 11 is 0. The Morgan fingerprint density at radius 2 is 1.51 bits per heavy atom. The number of esters is 4. The number of aliphatic hydroxyl groups is 3. The topological polar surface area (TPSA) is 234 Å². The SMILES string of the molecule is CC(=O)O[C@H]1C(=O)[C@]2(C)[C@@H](O)CC3OC[C@@]3(OC(C)=O)[C@H]2[C@H](OC(=O)c2ccccc2)[C@]2(O)C[C@H](OC(=O)[C@H](O)[C@H](NC(=O)c3ccccc3)c3ccco3)C(C)=C1C2(C)C. The first-order valence-corrected chi connectivity index (χ1v) is 20.0. The van der Waals surface area contributed by atoms with Crippen molar-refractivity contribution < 1.29 is 72.2 Å². The maximum Gasteiger partial charge on any atom is 0.338 e. The summed E-state index contributed by atoms with van der Waals surface area (Å²) in [6.45, 7) is 7.90. The van der Waals surface area contributed by atoms with E-state index in [4.69, 9.17) is 28.1 Å². The molecule has 0 radical (unpaired) electrons. The van der Waals surface area contributed by atoms with E-state index in [1.165, 1.54) is 56.5 Å². The van der Waals surface area contributed by atoms with Crippen molar-refractivity contribution in [2.45, 2.75) is 108 Å². The summed E-state index contributed by atoms with van der Waals surface area (Å²) in [6.07, 6.45) is -9.38. The monoisotopic (exact) mass is 843 g/mol. The quantitative estimate of drug-likeness (QED) is 0.130. The number of fused-ring (bicyclic) bond motifs is 5. The Bertz CT molecular complexity index is 2240. The predicted molar refractivity (Wildman–Crippen MR) is 210 cm³/mol. The first-order chi connectivity index (χ1) is 28.8. The molecule has 1 aliphatic heterocycles. The summed E-state index contributed by atoms with van der Waals surface area (Å²) < 4.78 is 35.6. The van der Waals surface area contributed by atoms with Crippen molar-refractivity contribution in [2.24, 2.45) is 16.7 Å². The molecule has 16 nitrogen and oxygen atoms in total. The van der Waals surface area contributed by atoms with Gasteiger partial charge in [0.2, 0.25) is 0 Å². The zero-order chi connectivity index (χ0) is 44.2. The maximum atomic E-state index is 15.4. The Balaban J connectivity index is 1.38. The lowest BCUT2D eigenvalue weighted by molar-refractivity contribution is -0.346. The number of rotatable bonds is 10. The molecule has 4 aliphatic rings. The first-order valence-electron chi connectivity index (χ1n) is 20.0. The molecule has 1 aromatic heterocycles. The van der Waals surface area contributed by atoms with Crippen molar-refractivity contribution in [1.29, 1.82) is 0 Å². The van der Waals surface area contributed by atoms with E-state index in [2.05, 4.69) is 5.32 Å². The summed E-state index contributed by atoms with van der Waals surface area (Å²) in [5.41, 5.74) is -7.50. The number of aliphatic hydroxyl groups excluding tert-OH is 2. The van der Waals surface area contributed by atoms with Crippen molar-refractivity contribution >= 4 is 35.6 Å². The number of benzene rings is 2. The molecule has 1 amide bonds. The van der Waals surface area contributed by atoms with Crippen LogP contribution in [0, 0.1) is 16.7 Å². The minimum atomic E-state index is -2.40. The van der Waals surface area contributed by atoms with Crippen LogP contribution in [0.25, 0.3) is 0 Å². The predicted octanol–water partition coefficient (Wildman–Crippen LogP) is 3.33. The Morgan fingerprint density at radius 3 is 2.07 bits per heavy atom. The zero-order valence-corrected chi connectivity index (χ0v) is 34.5. The van der Waals surface area contributed by atoms with Gasteiger partial charge in [0.25, 0.3) is 5.91 Å². The summed E-state index contributed by atoms with van der Waals surface area (Å²) in [6, 6.07) is 17.3. The Hall–Kier alpha value is -5.68. The van der Waals surface area contributed by atoms with Crippen molar-refractivity contribution in [2.75, 3.05) is 6.61 Å². The molecular formula is C45H49NO15. The lowest BCUT2D eigenvalue weighted by atomic mass is 9.44. The molecule has 16 heteroatoms. The minimum Gasteiger partial charge on any atom is -0.467 e. The molecule has 1 saturated heterocycles. The van der Waals surface area contributed by atoms with Crippen molar-refractivity contribution in [3.63, 3.8) is 0 Å². The van der Waals surface area contributed by atoms with Gasteiger partial charge >= 0.3 is 23.9 Å². The Morgan fingerprint density at radius 1 is 0.869 bits per heavy atom. The van der Waals surface area contributed by atoms with Gasteiger partial charge in [0.1, 0.15) is 35.7 Å². The van der Waals surface area contributed by atoms with Gasteiger partial charge in [-0.15, -0.1) is 0 Å². The van der Waals surface area contributed by atoms with Gasteiger partial charge in [0, 0.05) is 37.7 Å². The highest BCUT2D eigenvalue weighted by Gasteiger charge is 2.78. The summed E-state index contributed by atoms with van der Waals surface area (Å²) in [7, 11) is 0. The number of ether oxygens (including phenoxy) is 5. The molecule has 324 valence electrons. The number of carbonyl (C=O) groups is 6. The van der Waals surface area contributed by atoms with E-state index in [0.29, 0.717) is 0 Å². The van der Waals surface area contributed by atoms with Crippen LogP contribution < -0.4 is 5.32 Å². The van der Waals surface area contributed by atoms with Crippen LogP contribution in [0.15, 0.2) is 94.6 Å². The minimum absolute atomic E-state index is 0.00830. The van der Waals surface area contributed by atoms with Gasteiger partial charge < -0.3 is 48.7 Å². The number of hydrogen-bond donors (Lipinski definition) is 4. The van der Waals surface area contributed by atoms with Crippen LogP contribution in [-0.2, 0) is 42.9 Å². The second-order valence-corrected chi connectivity index (χ2v) is 17.0. The van der Waals surface area contributed by atoms with Crippen LogP contribution in [0.1, 0.15) is 86.9 Å². The molecule has 11 atom stereocenters. The van der Waals surface area contributed by atoms with E-state index in [0.717, 1.165) is 13.8 Å². The fourth-order valence-electron chi connectivity index (χ4n) is 9.95. The van der Waals surface area contributed by atoms with Gasteiger partial charge in [-0.25, -0.2) is 9.59 Å². The molecule has 7 rings (SSSR count). The van der Waals surface area contributed by atoms with Gasteiger partial charge in [0.05, 0.1) is 35.9 Å². The average Bonchev–Trinajstić information content (AvgIpc) is 3.76. The highest BCUT2D eigenvalue weighted by Crippen LogP contribution is 2.64. The summed E-state index contributed by atoms with van der Waals surface area (Å²) in [5.74, 6) is -6.98.